The summed E-state index contributed by atoms with van der Waals surface area (Å²) < 4.78 is 0. The number of aliphatic carboxylic acids is 1. The van der Waals surface area contributed by atoms with Crippen LogP contribution in [0.25, 0.3) is 0 Å². The van der Waals surface area contributed by atoms with Gasteiger partial charge in [0.1, 0.15) is 5.78 Å². The third-order valence-electron chi connectivity index (χ3n) is 2.62. The smallest absolute Gasteiger partial charge is 0.335 e. The van der Waals surface area contributed by atoms with Crippen LogP contribution in [0, 0.1) is 0 Å². The first kappa shape index (κ1) is 14.8. The van der Waals surface area contributed by atoms with Crippen LogP contribution in [-0.2, 0) is 16.1 Å². The van der Waals surface area contributed by atoms with E-state index in [1.807, 2.05) is 0 Å². The number of benzene rings is 1. The van der Waals surface area contributed by atoms with Crippen molar-refractivity contribution in [3.8, 4) is 0 Å². The monoisotopic (exact) mass is 265 g/mol. The number of carbonyl (C=O) groups is 3. The first-order valence-electron chi connectivity index (χ1n) is 5.68. The summed E-state index contributed by atoms with van der Waals surface area (Å²) in [6, 6.07) is 5.42. The van der Waals surface area contributed by atoms with Crippen LogP contribution in [0.5, 0.6) is 0 Å². The lowest BCUT2D eigenvalue weighted by atomic mass is 10.1. The van der Waals surface area contributed by atoms with E-state index in [0.717, 1.165) is 5.56 Å². The number of rotatable bonds is 7. The fourth-order valence-corrected chi connectivity index (χ4v) is 1.54. The van der Waals surface area contributed by atoms with E-state index in [0.29, 0.717) is 6.54 Å². The second kappa shape index (κ2) is 6.65. The first-order chi connectivity index (χ1) is 8.90. The van der Waals surface area contributed by atoms with Gasteiger partial charge >= 0.3 is 11.9 Å². The lowest BCUT2D eigenvalue weighted by Gasteiger charge is -2.13. The second-order valence-corrected chi connectivity index (χ2v) is 4.14. The number of carbonyl (C=O) groups excluding carboxylic acids is 1. The largest absolute Gasteiger partial charge is 0.481 e. The predicted octanol–water partition coefficient (Wildman–Crippen LogP) is 0.907. The van der Waals surface area contributed by atoms with Gasteiger partial charge in [0.25, 0.3) is 0 Å². The van der Waals surface area contributed by atoms with Gasteiger partial charge in [-0.3, -0.25) is 9.59 Å². The average molecular weight is 265 g/mol. The number of carboxylic acid groups (broad SMARTS) is 2. The quantitative estimate of drug-likeness (QED) is 0.677. The summed E-state index contributed by atoms with van der Waals surface area (Å²) in [4.78, 5) is 32.5. The topological polar surface area (TPSA) is 104 Å². The molecular formula is C13H15NO5. The summed E-state index contributed by atoms with van der Waals surface area (Å²) in [5, 5.41) is 20.2. The van der Waals surface area contributed by atoms with Crippen molar-refractivity contribution >= 4 is 17.7 Å². The van der Waals surface area contributed by atoms with Crippen LogP contribution in [-0.4, -0.2) is 34.0 Å². The van der Waals surface area contributed by atoms with Gasteiger partial charge in [-0.1, -0.05) is 12.1 Å². The maximum atomic E-state index is 11.2. The van der Waals surface area contributed by atoms with Crippen molar-refractivity contribution in [1.29, 1.82) is 0 Å². The molecule has 6 heteroatoms. The summed E-state index contributed by atoms with van der Waals surface area (Å²) in [6.07, 6.45) is -0.275. The third-order valence-corrected chi connectivity index (χ3v) is 2.62. The minimum Gasteiger partial charge on any atom is -0.481 e. The maximum absolute atomic E-state index is 11.2. The number of ketones is 1. The standard InChI is InChI=1S/C13H15NO5/c1-8(15)11(6-12(16)17)14-7-9-2-4-10(5-3-9)13(18)19/h2-5,11,14H,6-7H2,1H3,(H,16,17)(H,18,19). The molecule has 0 saturated carbocycles. The molecule has 19 heavy (non-hydrogen) atoms. The van der Waals surface area contributed by atoms with Gasteiger partial charge in [-0.15, -0.1) is 0 Å². The number of hydrogen-bond donors (Lipinski definition) is 3. The highest BCUT2D eigenvalue weighted by molar-refractivity contribution is 5.87. The maximum Gasteiger partial charge on any atom is 0.335 e. The number of hydrogen-bond acceptors (Lipinski definition) is 4. The number of nitrogens with one attached hydrogen (secondary N) is 1. The average Bonchev–Trinajstić information content (AvgIpc) is 2.34. The molecule has 3 N–H and O–H groups in total. The van der Waals surface area contributed by atoms with E-state index in [2.05, 4.69) is 5.32 Å². The number of Topliss-reactive ketones (excluding diaryl/α,β-unsaturated/α-hetero) is 1. The molecule has 0 aromatic heterocycles. The van der Waals surface area contributed by atoms with Gasteiger partial charge in [0, 0.05) is 6.54 Å². The Morgan fingerprint density at radius 1 is 1.16 bits per heavy atom. The molecule has 0 heterocycles. The van der Waals surface area contributed by atoms with E-state index in [9.17, 15) is 14.4 Å². The molecule has 6 nitrogen and oxygen atoms in total. The van der Waals surface area contributed by atoms with Gasteiger partial charge in [0.05, 0.1) is 18.0 Å². The molecule has 0 saturated heterocycles. The van der Waals surface area contributed by atoms with Crippen LogP contribution >= 0.6 is 0 Å². The van der Waals surface area contributed by atoms with Crippen LogP contribution in [0.15, 0.2) is 24.3 Å². The molecule has 1 aromatic carbocycles. The molecule has 0 aliphatic rings. The normalized spacial score (nSPS) is 11.8. The van der Waals surface area contributed by atoms with Crippen molar-refractivity contribution in [3.63, 3.8) is 0 Å². The zero-order chi connectivity index (χ0) is 14.4. The lowest BCUT2D eigenvalue weighted by molar-refractivity contribution is -0.139. The van der Waals surface area contributed by atoms with Crippen molar-refractivity contribution < 1.29 is 24.6 Å². The fourth-order valence-electron chi connectivity index (χ4n) is 1.54. The molecule has 0 spiro atoms. The summed E-state index contributed by atoms with van der Waals surface area (Å²) >= 11 is 0. The lowest BCUT2D eigenvalue weighted by Crippen LogP contribution is -2.36. The highest BCUT2D eigenvalue weighted by atomic mass is 16.4. The van der Waals surface area contributed by atoms with E-state index in [1.165, 1.54) is 19.1 Å². The molecule has 0 radical (unpaired) electrons. The SMILES string of the molecule is CC(=O)C(CC(=O)O)NCc1ccc(C(=O)O)cc1. The molecule has 0 bridgehead atoms. The zero-order valence-electron chi connectivity index (χ0n) is 10.4. The highest BCUT2D eigenvalue weighted by Gasteiger charge is 2.17. The fraction of sp³-hybridized carbons (Fsp3) is 0.308. The summed E-state index contributed by atoms with van der Waals surface area (Å²) in [5.41, 5.74) is 0.957. The minimum absolute atomic E-state index is 0.178. The van der Waals surface area contributed by atoms with Crippen LogP contribution < -0.4 is 5.32 Å². The van der Waals surface area contributed by atoms with Crippen LogP contribution in [0.3, 0.4) is 0 Å². The van der Waals surface area contributed by atoms with Gasteiger partial charge in [0.15, 0.2) is 0 Å². The molecule has 1 unspecified atom stereocenters. The minimum atomic E-state index is -1.05. The van der Waals surface area contributed by atoms with Crippen LogP contribution in [0.4, 0.5) is 0 Å². The molecule has 0 amide bonds. The Morgan fingerprint density at radius 2 is 1.74 bits per heavy atom. The molecule has 1 rings (SSSR count). The third kappa shape index (κ3) is 4.89. The van der Waals surface area contributed by atoms with Gasteiger partial charge in [-0.25, -0.2) is 4.79 Å². The Bertz CT molecular complexity index is 480. The van der Waals surface area contributed by atoms with E-state index in [1.54, 1.807) is 12.1 Å². The highest BCUT2D eigenvalue weighted by Crippen LogP contribution is 2.05. The van der Waals surface area contributed by atoms with E-state index in [-0.39, 0.29) is 17.8 Å². The summed E-state index contributed by atoms with van der Waals surface area (Å²) in [6.45, 7) is 1.63. The van der Waals surface area contributed by atoms with Gasteiger partial charge in [-0.2, -0.15) is 0 Å². The summed E-state index contributed by atoms with van der Waals surface area (Å²) in [7, 11) is 0. The molecule has 102 valence electrons. The zero-order valence-corrected chi connectivity index (χ0v) is 10.4. The van der Waals surface area contributed by atoms with Crippen LogP contribution in [0.1, 0.15) is 29.3 Å². The Labute approximate surface area is 110 Å². The molecular weight excluding hydrogens is 250 g/mol. The molecule has 0 aliphatic carbocycles. The van der Waals surface area contributed by atoms with E-state index in [4.69, 9.17) is 10.2 Å². The van der Waals surface area contributed by atoms with Crippen molar-refractivity contribution in [2.75, 3.05) is 0 Å². The van der Waals surface area contributed by atoms with Gasteiger partial charge in [-0.05, 0) is 24.6 Å². The van der Waals surface area contributed by atoms with Crippen molar-refractivity contribution in [2.45, 2.75) is 25.9 Å². The molecule has 0 fully saturated rings. The molecule has 1 aromatic rings. The summed E-state index contributed by atoms with van der Waals surface area (Å²) in [5.74, 6) is -2.30. The van der Waals surface area contributed by atoms with E-state index >= 15 is 0 Å². The second-order valence-electron chi connectivity index (χ2n) is 4.14. The molecule has 0 aliphatic heterocycles. The van der Waals surface area contributed by atoms with Crippen molar-refractivity contribution in [1.82, 2.24) is 5.32 Å². The molecule has 1 atom stereocenters. The predicted molar refractivity (Wildman–Crippen MR) is 67.0 cm³/mol. The number of aromatic carboxylic acids is 1. The first-order valence-corrected chi connectivity index (χ1v) is 5.68. The van der Waals surface area contributed by atoms with Crippen molar-refractivity contribution in [3.05, 3.63) is 35.4 Å². The Hall–Kier alpha value is -2.21. The Kier molecular flexibility index (Phi) is 5.20. The van der Waals surface area contributed by atoms with Crippen LogP contribution in [0.2, 0.25) is 0 Å². The Morgan fingerprint density at radius 3 is 2.16 bits per heavy atom. The van der Waals surface area contributed by atoms with Gasteiger partial charge < -0.3 is 15.5 Å². The van der Waals surface area contributed by atoms with Gasteiger partial charge in [0.2, 0.25) is 0 Å². The van der Waals surface area contributed by atoms with Crippen molar-refractivity contribution in [2.24, 2.45) is 0 Å². The number of carboxylic acids is 2. The Balaban J connectivity index is 2.61. The van der Waals surface area contributed by atoms with E-state index < -0.39 is 18.0 Å².